The molecule has 0 bridgehead atoms. The van der Waals surface area contributed by atoms with Crippen LogP contribution in [0, 0.1) is 18.6 Å². The number of benzene rings is 1. The third-order valence-corrected chi connectivity index (χ3v) is 3.84. The van der Waals surface area contributed by atoms with Gasteiger partial charge < -0.3 is 5.32 Å². The zero-order valence-corrected chi connectivity index (χ0v) is 11.4. The Morgan fingerprint density at radius 1 is 1.28 bits per heavy atom. The number of nitrogens with one attached hydrogen (secondary N) is 1. The van der Waals surface area contributed by atoms with Crippen LogP contribution in [0.4, 0.5) is 14.5 Å². The summed E-state index contributed by atoms with van der Waals surface area (Å²) in [6, 6.07) is 2.58. The van der Waals surface area contributed by atoms with E-state index in [1.165, 1.54) is 12.1 Å². The normalized spacial score (nSPS) is 23.7. The first kappa shape index (κ1) is 13.3. The number of hydrogen-bond donors (Lipinski definition) is 1. The first-order chi connectivity index (χ1) is 8.45. The highest BCUT2D eigenvalue weighted by Crippen LogP contribution is 2.27. The maximum absolute atomic E-state index is 13.7. The van der Waals surface area contributed by atoms with Crippen molar-refractivity contribution >= 4 is 22.6 Å². The SMILES string of the molecule is Cc1cc(F)c(NC2=NC(C)CC(C)S2)cc1F. The standard InChI is InChI=1S/C13H16F2N2S/c1-7-4-11(15)12(6-10(7)14)17-13-16-8(2)5-9(3)18-13/h4,6,8-9H,5H2,1-3H3,(H,16,17). The third kappa shape index (κ3) is 3.02. The molecular formula is C13H16F2N2S. The quantitative estimate of drug-likeness (QED) is 0.835. The van der Waals surface area contributed by atoms with E-state index in [2.05, 4.69) is 17.2 Å². The van der Waals surface area contributed by atoms with Crippen molar-refractivity contribution in [1.29, 1.82) is 0 Å². The highest BCUT2D eigenvalue weighted by Gasteiger charge is 2.19. The molecule has 0 aliphatic carbocycles. The zero-order valence-electron chi connectivity index (χ0n) is 10.6. The molecule has 18 heavy (non-hydrogen) atoms. The molecule has 1 aromatic carbocycles. The number of thioether (sulfide) groups is 1. The van der Waals surface area contributed by atoms with E-state index < -0.39 is 11.6 Å². The van der Waals surface area contributed by atoms with Gasteiger partial charge in [0.05, 0.1) is 11.7 Å². The lowest BCUT2D eigenvalue weighted by atomic mass is 10.2. The summed E-state index contributed by atoms with van der Waals surface area (Å²) in [5.74, 6) is -0.871. The molecule has 0 fully saturated rings. The molecule has 0 saturated heterocycles. The molecule has 0 aromatic heterocycles. The van der Waals surface area contributed by atoms with Gasteiger partial charge in [0.1, 0.15) is 11.6 Å². The lowest BCUT2D eigenvalue weighted by Gasteiger charge is -2.23. The molecule has 1 heterocycles. The highest BCUT2D eigenvalue weighted by atomic mass is 32.2. The van der Waals surface area contributed by atoms with E-state index in [0.29, 0.717) is 16.0 Å². The van der Waals surface area contributed by atoms with Crippen molar-refractivity contribution in [3.05, 3.63) is 29.3 Å². The Morgan fingerprint density at radius 2 is 2.00 bits per heavy atom. The minimum Gasteiger partial charge on any atom is -0.332 e. The summed E-state index contributed by atoms with van der Waals surface area (Å²) in [6.45, 7) is 5.66. The van der Waals surface area contributed by atoms with Crippen molar-refractivity contribution in [3.8, 4) is 0 Å². The predicted octanol–water partition coefficient (Wildman–Crippen LogP) is 3.96. The van der Waals surface area contributed by atoms with Gasteiger partial charge in [0.15, 0.2) is 5.17 Å². The molecule has 2 atom stereocenters. The maximum atomic E-state index is 13.7. The molecule has 1 aliphatic heterocycles. The molecule has 0 spiro atoms. The topological polar surface area (TPSA) is 24.4 Å². The second-order valence-electron chi connectivity index (χ2n) is 4.65. The van der Waals surface area contributed by atoms with Crippen LogP contribution in [0.25, 0.3) is 0 Å². The summed E-state index contributed by atoms with van der Waals surface area (Å²) in [6.07, 6.45) is 1.00. The Labute approximate surface area is 110 Å². The number of amidine groups is 1. The molecule has 2 nitrogen and oxygen atoms in total. The molecule has 2 rings (SSSR count). The molecule has 0 radical (unpaired) electrons. The average Bonchev–Trinajstić information content (AvgIpc) is 2.24. The Bertz CT molecular complexity index is 488. The number of aliphatic imine (C=N–C) groups is 1. The van der Waals surface area contributed by atoms with Crippen LogP contribution in [0.5, 0.6) is 0 Å². The second-order valence-corrected chi connectivity index (χ2v) is 6.08. The van der Waals surface area contributed by atoms with Gasteiger partial charge in [0.2, 0.25) is 0 Å². The molecule has 0 saturated carbocycles. The van der Waals surface area contributed by atoms with Crippen molar-refractivity contribution in [1.82, 2.24) is 0 Å². The summed E-state index contributed by atoms with van der Waals surface area (Å²) in [4.78, 5) is 4.40. The van der Waals surface area contributed by atoms with Crippen molar-refractivity contribution < 1.29 is 8.78 Å². The highest BCUT2D eigenvalue weighted by molar-refractivity contribution is 8.14. The number of aryl methyl sites for hydroxylation is 1. The number of nitrogens with zero attached hydrogens (tertiary/aromatic N) is 1. The van der Waals surface area contributed by atoms with Crippen LogP contribution in [0.3, 0.4) is 0 Å². The number of hydrogen-bond acceptors (Lipinski definition) is 3. The van der Waals surface area contributed by atoms with Crippen LogP contribution in [0.15, 0.2) is 17.1 Å². The van der Waals surface area contributed by atoms with Crippen LogP contribution in [-0.4, -0.2) is 16.5 Å². The maximum Gasteiger partial charge on any atom is 0.161 e. The fourth-order valence-electron chi connectivity index (χ4n) is 1.92. The van der Waals surface area contributed by atoms with Crippen LogP contribution in [-0.2, 0) is 0 Å². The van der Waals surface area contributed by atoms with E-state index in [-0.39, 0.29) is 11.7 Å². The summed E-state index contributed by atoms with van der Waals surface area (Å²) < 4.78 is 27.1. The lowest BCUT2D eigenvalue weighted by Crippen LogP contribution is -2.23. The van der Waals surface area contributed by atoms with Crippen molar-refractivity contribution in [2.45, 2.75) is 38.5 Å². The largest absolute Gasteiger partial charge is 0.332 e. The van der Waals surface area contributed by atoms with Crippen molar-refractivity contribution in [3.63, 3.8) is 0 Å². The lowest BCUT2D eigenvalue weighted by molar-refractivity contribution is 0.596. The minimum absolute atomic E-state index is 0.144. The first-order valence-electron chi connectivity index (χ1n) is 5.93. The van der Waals surface area contributed by atoms with Crippen molar-refractivity contribution in [2.24, 2.45) is 4.99 Å². The minimum atomic E-state index is -0.455. The first-order valence-corrected chi connectivity index (χ1v) is 6.81. The summed E-state index contributed by atoms with van der Waals surface area (Å²) in [5, 5.41) is 3.96. The number of halogens is 2. The van der Waals surface area contributed by atoms with E-state index in [9.17, 15) is 8.78 Å². The van der Waals surface area contributed by atoms with Gasteiger partial charge >= 0.3 is 0 Å². The van der Waals surface area contributed by atoms with Gasteiger partial charge in [-0.15, -0.1) is 0 Å². The van der Waals surface area contributed by atoms with Crippen LogP contribution in [0.1, 0.15) is 25.8 Å². The van der Waals surface area contributed by atoms with Gasteiger partial charge in [-0.2, -0.15) is 0 Å². The summed E-state index contributed by atoms with van der Waals surface area (Å²) in [5.41, 5.74) is 0.448. The van der Waals surface area contributed by atoms with E-state index in [4.69, 9.17) is 0 Å². The van der Waals surface area contributed by atoms with Gasteiger partial charge in [-0.3, -0.25) is 4.99 Å². The zero-order chi connectivity index (χ0) is 13.3. The van der Waals surface area contributed by atoms with E-state index in [1.807, 2.05) is 6.92 Å². The second kappa shape index (κ2) is 5.26. The van der Waals surface area contributed by atoms with E-state index in [1.54, 1.807) is 18.7 Å². The van der Waals surface area contributed by atoms with E-state index in [0.717, 1.165) is 6.42 Å². The smallest absolute Gasteiger partial charge is 0.161 e. The molecule has 1 aromatic rings. The Balaban J connectivity index is 2.21. The summed E-state index contributed by atoms with van der Waals surface area (Å²) >= 11 is 1.55. The van der Waals surface area contributed by atoms with Gasteiger partial charge in [-0.25, -0.2) is 8.78 Å². The molecule has 1 N–H and O–H groups in total. The Kier molecular flexibility index (Phi) is 3.90. The third-order valence-electron chi connectivity index (χ3n) is 2.81. The average molecular weight is 270 g/mol. The fourth-order valence-corrected chi connectivity index (χ4v) is 3.09. The monoisotopic (exact) mass is 270 g/mol. The van der Waals surface area contributed by atoms with Gasteiger partial charge in [0, 0.05) is 11.3 Å². The summed E-state index contributed by atoms with van der Waals surface area (Å²) in [7, 11) is 0. The molecule has 1 aliphatic rings. The van der Waals surface area contributed by atoms with Crippen LogP contribution in [0.2, 0.25) is 0 Å². The number of anilines is 1. The van der Waals surface area contributed by atoms with Gasteiger partial charge in [-0.1, -0.05) is 18.7 Å². The fraction of sp³-hybridized carbons (Fsp3) is 0.462. The molecule has 0 amide bonds. The molecular weight excluding hydrogens is 254 g/mol. The van der Waals surface area contributed by atoms with Gasteiger partial charge in [-0.05, 0) is 31.9 Å². The molecule has 98 valence electrons. The molecule has 2 unspecified atom stereocenters. The Hall–Kier alpha value is -1.10. The number of rotatable bonds is 1. The predicted molar refractivity (Wildman–Crippen MR) is 73.3 cm³/mol. The van der Waals surface area contributed by atoms with Crippen LogP contribution >= 0.6 is 11.8 Å². The van der Waals surface area contributed by atoms with Crippen molar-refractivity contribution in [2.75, 3.05) is 5.32 Å². The van der Waals surface area contributed by atoms with E-state index >= 15 is 0 Å². The van der Waals surface area contributed by atoms with Gasteiger partial charge in [0.25, 0.3) is 0 Å². The van der Waals surface area contributed by atoms with Crippen LogP contribution < -0.4 is 5.32 Å². The Morgan fingerprint density at radius 3 is 2.67 bits per heavy atom. The molecule has 5 heteroatoms.